The maximum absolute atomic E-state index is 13.3. The Kier molecular flexibility index (Phi) is 4.97. The van der Waals surface area contributed by atoms with Gasteiger partial charge in [0, 0.05) is 4.75 Å². The van der Waals surface area contributed by atoms with Gasteiger partial charge in [-0.05, 0) is 98.7 Å². The Morgan fingerprint density at radius 2 is 1.63 bits per heavy atom. The first-order chi connectivity index (χ1) is 12.6. The van der Waals surface area contributed by atoms with E-state index in [1.165, 1.54) is 38.5 Å². The van der Waals surface area contributed by atoms with Crippen LogP contribution in [-0.4, -0.2) is 10.9 Å². The molecule has 0 saturated heterocycles. The minimum absolute atomic E-state index is 0.138. The molecule has 0 aliphatic heterocycles. The summed E-state index contributed by atoms with van der Waals surface area (Å²) in [7, 11) is 0. The number of thiol groups is 1. The zero-order chi connectivity index (χ0) is 19.7. The van der Waals surface area contributed by atoms with Crippen LogP contribution in [0, 0.1) is 40.4 Å². The molecule has 0 bridgehead atoms. The lowest BCUT2D eigenvalue weighted by atomic mass is 9.44. The first-order valence-electron chi connectivity index (χ1n) is 11.3. The predicted molar refractivity (Wildman–Crippen MR) is 108 cm³/mol. The average Bonchev–Trinajstić information content (AvgIpc) is 2.85. The molecule has 4 heteroatoms. The molecule has 8 atom stereocenters. The largest absolute Gasteiger partial charge is 0.391 e. The molecule has 4 aliphatic carbocycles. The van der Waals surface area contributed by atoms with Crippen LogP contribution < -0.4 is 0 Å². The van der Waals surface area contributed by atoms with Gasteiger partial charge in [0.05, 0.1) is 5.92 Å². The van der Waals surface area contributed by atoms with Crippen molar-refractivity contribution in [1.82, 2.24) is 0 Å². The summed E-state index contributed by atoms with van der Waals surface area (Å²) in [5.74, 6) is 1.32. The molecule has 0 aromatic heterocycles. The third-order valence-corrected chi connectivity index (χ3v) is 11.1. The second kappa shape index (κ2) is 6.57. The molecule has 8 unspecified atom stereocenters. The van der Waals surface area contributed by atoms with E-state index in [9.17, 15) is 13.2 Å². The van der Waals surface area contributed by atoms with E-state index in [0.29, 0.717) is 24.2 Å². The fourth-order valence-electron chi connectivity index (χ4n) is 8.49. The van der Waals surface area contributed by atoms with E-state index in [-0.39, 0.29) is 16.1 Å². The summed E-state index contributed by atoms with van der Waals surface area (Å²) in [6.07, 6.45) is 7.06. The van der Waals surface area contributed by atoms with E-state index in [4.69, 9.17) is 12.6 Å². The first-order valence-corrected chi connectivity index (χ1v) is 11.8. The topological polar surface area (TPSA) is 0 Å². The normalized spacial score (nSPS) is 52.8. The molecule has 0 heterocycles. The van der Waals surface area contributed by atoms with Crippen LogP contribution in [0.15, 0.2) is 0 Å². The van der Waals surface area contributed by atoms with Crippen LogP contribution in [-0.2, 0) is 0 Å². The van der Waals surface area contributed by atoms with Crippen molar-refractivity contribution in [2.45, 2.75) is 102 Å². The highest BCUT2D eigenvalue weighted by Gasteiger charge is 2.64. The lowest BCUT2D eigenvalue weighted by molar-refractivity contribution is -0.207. The molecular formula is C23H37F3S. The second-order valence-corrected chi connectivity index (χ2v) is 11.8. The fraction of sp³-hybridized carbons (Fsp3) is 1.00. The van der Waals surface area contributed by atoms with Gasteiger partial charge in [-0.3, -0.25) is 0 Å². The minimum Gasteiger partial charge on any atom is -0.172 e. The zero-order valence-electron chi connectivity index (χ0n) is 17.2. The van der Waals surface area contributed by atoms with Crippen LogP contribution in [0.5, 0.6) is 0 Å². The molecular weight excluding hydrogens is 365 g/mol. The van der Waals surface area contributed by atoms with Crippen LogP contribution in [0.3, 0.4) is 0 Å². The lowest BCUT2D eigenvalue weighted by Crippen LogP contribution is -2.56. The summed E-state index contributed by atoms with van der Waals surface area (Å²) in [6, 6.07) is 0. The Morgan fingerprint density at radius 1 is 0.926 bits per heavy atom. The second-order valence-electron chi connectivity index (χ2n) is 10.9. The molecule has 4 rings (SSSR count). The maximum atomic E-state index is 13.3. The van der Waals surface area contributed by atoms with Gasteiger partial charge >= 0.3 is 6.18 Å². The van der Waals surface area contributed by atoms with E-state index in [2.05, 4.69) is 20.8 Å². The summed E-state index contributed by atoms with van der Waals surface area (Å²) in [5, 5.41) is 0. The predicted octanol–water partition coefficient (Wildman–Crippen LogP) is 7.68. The molecule has 156 valence electrons. The molecule has 27 heavy (non-hydrogen) atoms. The number of fused-ring (bicyclic) bond motifs is 5. The monoisotopic (exact) mass is 402 g/mol. The lowest BCUT2D eigenvalue weighted by Gasteiger charge is -2.62. The highest BCUT2D eigenvalue weighted by atomic mass is 32.1. The molecule has 0 N–H and O–H groups in total. The number of rotatable bonds is 2. The van der Waals surface area contributed by atoms with Gasteiger partial charge in [0.15, 0.2) is 0 Å². The molecule has 0 aromatic carbocycles. The van der Waals surface area contributed by atoms with E-state index >= 15 is 0 Å². The Balaban J connectivity index is 1.56. The van der Waals surface area contributed by atoms with Crippen LogP contribution in [0.1, 0.15) is 91.4 Å². The standard InChI is InChI=1S/C23H37F3S/c1-4-10-22(27)13-9-19-17-6-5-15-14-16(23(24,25)26)7-11-20(15,2)18(17)8-12-21(19,22)3/h15-19,27H,4-14H2,1-3H3. The molecule has 0 aromatic rings. The van der Waals surface area contributed by atoms with Crippen LogP contribution in [0.25, 0.3) is 0 Å². The Bertz CT molecular complexity index is 574. The van der Waals surface area contributed by atoms with E-state index in [1.807, 2.05) is 0 Å². The van der Waals surface area contributed by atoms with E-state index < -0.39 is 12.1 Å². The van der Waals surface area contributed by atoms with Crippen molar-refractivity contribution in [3.63, 3.8) is 0 Å². The third-order valence-electron chi connectivity index (χ3n) is 10.1. The van der Waals surface area contributed by atoms with Gasteiger partial charge in [0.1, 0.15) is 0 Å². The van der Waals surface area contributed by atoms with Gasteiger partial charge in [-0.15, -0.1) is 0 Å². The summed E-state index contributed by atoms with van der Waals surface area (Å²) in [6.45, 7) is 7.13. The third kappa shape index (κ3) is 2.93. The highest BCUT2D eigenvalue weighted by Crippen LogP contribution is 2.70. The van der Waals surface area contributed by atoms with Crippen LogP contribution in [0.2, 0.25) is 0 Å². The minimum atomic E-state index is -4.00. The van der Waals surface area contributed by atoms with Crippen molar-refractivity contribution < 1.29 is 13.2 Å². The Labute approximate surface area is 168 Å². The maximum Gasteiger partial charge on any atom is 0.391 e. The number of alkyl halides is 3. The molecule has 4 saturated carbocycles. The van der Waals surface area contributed by atoms with Crippen LogP contribution in [0.4, 0.5) is 13.2 Å². The fourth-order valence-corrected chi connectivity index (χ4v) is 9.12. The summed E-state index contributed by atoms with van der Waals surface area (Å²) < 4.78 is 40.2. The van der Waals surface area contributed by atoms with Gasteiger partial charge in [-0.1, -0.05) is 27.2 Å². The quantitative estimate of drug-likeness (QED) is 0.450. The van der Waals surface area contributed by atoms with Gasteiger partial charge in [-0.25, -0.2) is 0 Å². The number of hydrogen-bond donors (Lipinski definition) is 1. The van der Waals surface area contributed by atoms with Crippen molar-refractivity contribution in [3.05, 3.63) is 0 Å². The number of halogens is 3. The smallest absolute Gasteiger partial charge is 0.172 e. The van der Waals surface area contributed by atoms with Gasteiger partial charge in [0.25, 0.3) is 0 Å². The molecule has 0 nitrogen and oxygen atoms in total. The average molecular weight is 403 g/mol. The van der Waals surface area contributed by atoms with Crippen molar-refractivity contribution >= 4 is 12.6 Å². The zero-order valence-corrected chi connectivity index (χ0v) is 18.1. The molecule has 0 amide bonds. The Morgan fingerprint density at radius 3 is 2.30 bits per heavy atom. The van der Waals surface area contributed by atoms with E-state index in [0.717, 1.165) is 31.1 Å². The van der Waals surface area contributed by atoms with Gasteiger partial charge in [-0.2, -0.15) is 25.8 Å². The van der Waals surface area contributed by atoms with Crippen molar-refractivity contribution in [2.24, 2.45) is 40.4 Å². The molecule has 0 radical (unpaired) electrons. The molecule has 4 fully saturated rings. The molecule has 0 spiro atoms. The summed E-state index contributed by atoms with van der Waals surface area (Å²) >= 11 is 5.26. The van der Waals surface area contributed by atoms with Crippen molar-refractivity contribution in [1.29, 1.82) is 0 Å². The van der Waals surface area contributed by atoms with Gasteiger partial charge < -0.3 is 0 Å². The Hall–Kier alpha value is 0.140. The summed E-state index contributed by atoms with van der Waals surface area (Å²) in [4.78, 5) is 0. The highest BCUT2D eigenvalue weighted by molar-refractivity contribution is 7.81. The van der Waals surface area contributed by atoms with E-state index in [1.54, 1.807) is 0 Å². The number of hydrogen-bond acceptors (Lipinski definition) is 1. The SMILES string of the molecule is CCCC1(S)CCC2C3CCC4CC(C(F)(F)F)CCC4(C)C3CCC21C. The van der Waals surface area contributed by atoms with Gasteiger partial charge in [0.2, 0.25) is 0 Å². The molecule has 4 aliphatic rings. The van der Waals surface area contributed by atoms with Crippen molar-refractivity contribution in [2.75, 3.05) is 0 Å². The van der Waals surface area contributed by atoms with Crippen LogP contribution >= 0.6 is 12.6 Å². The van der Waals surface area contributed by atoms with Crippen molar-refractivity contribution in [3.8, 4) is 0 Å². The summed E-state index contributed by atoms with van der Waals surface area (Å²) in [5.41, 5.74) is 0.457. The first kappa shape index (κ1) is 20.4.